The molecule has 2 aliphatic carbocycles. The van der Waals surface area contributed by atoms with Crippen molar-refractivity contribution < 1.29 is 23.5 Å². The van der Waals surface area contributed by atoms with E-state index in [1.807, 2.05) is 20.8 Å². The topological polar surface area (TPSA) is 65.7 Å². The fraction of sp³-hybridized carbons (Fsp3) is 0.636. The average Bonchev–Trinajstić information content (AvgIpc) is 2.92. The van der Waals surface area contributed by atoms with Crippen molar-refractivity contribution in [3.63, 3.8) is 0 Å². The Morgan fingerprint density at radius 1 is 1.22 bits per heavy atom. The first kappa shape index (κ1) is 19.7. The van der Waals surface area contributed by atoms with E-state index in [4.69, 9.17) is 13.9 Å². The second kappa shape index (κ2) is 7.17. The molecule has 5 atom stereocenters. The summed E-state index contributed by atoms with van der Waals surface area (Å²) in [6.45, 7) is 11.6. The molecule has 3 rings (SSSR count). The van der Waals surface area contributed by atoms with Crippen LogP contribution in [0.4, 0.5) is 0 Å². The molecule has 1 aromatic heterocycles. The smallest absolute Gasteiger partial charge is 0.330 e. The third-order valence-corrected chi connectivity index (χ3v) is 6.49. The minimum atomic E-state index is -0.387. The van der Waals surface area contributed by atoms with E-state index >= 15 is 0 Å². The van der Waals surface area contributed by atoms with Crippen LogP contribution in [0, 0.1) is 24.2 Å². The van der Waals surface area contributed by atoms with Crippen molar-refractivity contribution in [3.05, 3.63) is 34.8 Å². The molecule has 0 unspecified atom stereocenters. The highest BCUT2D eigenvalue weighted by molar-refractivity contribution is 5.82. The third kappa shape index (κ3) is 3.44. The van der Waals surface area contributed by atoms with Gasteiger partial charge in [0.25, 0.3) is 0 Å². The maximum absolute atomic E-state index is 12.3. The van der Waals surface area contributed by atoms with E-state index in [1.165, 1.54) is 13.0 Å². The van der Waals surface area contributed by atoms with Crippen LogP contribution in [0.3, 0.4) is 0 Å². The number of hydrogen-bond acceptors (Lipinski definition) is 5. The van der Waals surface area contributed by atoms with Crippen molar-refractivity contribution in [3.8, 4) is 0 Å². The quantitative estimate of drug-likeness (QED) is 0.568. The predicted octanol–water partition coefficient (Wildman–Crippen LogP) is 4.68. The summed E-state index contributed by atoms with van der Waals surface area (Å²) >= 11 is 0. The number of ether oxygens (including phenoxy) is 2. The highest BCUT2D eigenvalue weighted by Gasteiger charge is 2.58. The van der Waals surface area contributed by atoms with E-state index in [0.717, 1.165) is 35.3 Å². The number of furan rings is 1. The van der Waals surface area contributed by atoms with Crippen molar-refractivity contribution >= 4 is 11.9 Å². The zero-order valence-electron chi connectivity index (χ0n) is 17.1. The number of carbonyl (C=O) groups excluding carboxylic acids is 2. The van der Waals surface area contributed by atoms with Crippen LogP contribution in [0.25, 0.3) is 0 Å². The molecule has 0 aromatic carbocycles. The van der Waals surface area contributed by atoms with Gasteiger partial charge in [-0.25, -0.2) is 4.79 Å². The van der Waals surface area contributed by atoms with E-state index in [9.17, 15) is 9.59 Å². The van der Waals surface area contributed by atoms with Gasteiger partial charge < -0.3 is 13.9 Å². The molecule has 0 radical (unpaired) electrons. The summed E-state index contributed by atoms with van der Waals surface area (Å²) in [5, 5.41) is 0. The fourth-order valence-electron chi connectivity index (χ4n) is 4.94. The standard InChI is InChI=1S/C22H30O5/c1-12(2)9-19(24)27-17-8-7-14(4)22(6)16(17)10-18-20(13(3)11-25-18)21(22)26-15(5)23/h9,11,14,16-17,21H,7-8,10H2,1-6H3/t14-,16-,17+,21+,22+/m0/s1. The van der Waals surface area contributed by atoms with Gasteiger partial charge in [-0.3, -0.25) is 4.79 Å². The summed E-state index contributed by atoms with van der Waals surface area (Å²) in [7, 11) is 0. The Balaban J connectivity index is 2.02. The third-order valence-electron chi connectivity index (χ3n) is 6.49. The molecule has 0 saturated heterocycles. The number of aryl methyl sites for hydroxylation is 1. The molecule has 1 aromatic rings. The Kier molecular flexibility index (Phi) is 5.24. The summed E-state index contributed by atoms with van der Waals surface area (Å²) in [6, 6.07) is 0. The van der Waals surface area contributed by atoms with Crippen LogP contribution >= 0.6 is 0 Å². The zero-order valence-corrected chi connectivity index (χ0v) is 17.1. The minimum absolute atomic E-state index is 0.0400. The first-order chi connectivity index (χ1) is 12.6. The number of rotatable bonds is 3. The van der Waals surface area contributed by atoms with E-state index in [1.54, 1.807) is 6.26 Å². The van der Waals surface area contributed by atoms with E-state index in [-0.39, 0.29) is 35.5 Å². The van der Waals surface area contributed by atoms with Crippen molar-refractivity contribution in [1.29, 1.82) is 0 Å². The summed E-state index contributed by atoms with van der Waals surface area (Å²) in [4.78, 5) is 24.2. The highest BCUT2D eigenvalue weighted by atomic mass is 16.6. The summed E-state index contributed by atoms with van der Waals surface area (Å²) in [5.74, 6) is 0.608. The van der Waals surface area contributed by atoms with Crippen LogP contribution in [-0.4, -0.2) is 18.0 Å². The lowest BCUT2D eigenvalue weighted by Gasteiger charge is -2.54. The maximum Gasteiger partial charge on any atom is 0.330 e. The molecular formula is C22H30O5. The number of fused-ring (bicyclic) bond motifs is 2. The lowest BCUT2D eigenvalue weighted by atomic mass is 9.53. The van der Waals surface area contributed by atoms with Gasteiger partial charge in [0.2, 0.25) is 0 Å². The Morgan fingerprint density at radius 2 is 1.93 bits per heavy atom. The molecule has 0 bridgehead atoms. The molecular weight excluding hydrogens is 344 g/mol. The molecule has 5 nitrogen and oxygen atoms in total. The molecule has 27 heavy (non-hydrogen) atoms. The van der Waals surface area contributed by atoms with Gasteiger partial charge in [-0.2, -0.15) is 0 Å². The second-order valence-corrected chi connectivity index (χ2v) is 8.60. The molecule has 2 aliphatic rings. The van der Waals surface area contributed by atoms with E-state index < -0.39 is 0 Å². The number of allylic oxidation sites excluding steroid dienone is 1. The van der Waals surface area contributed by atoms with Gasteiger partial charge in [-0.15, -0.1) is 0 Å². The molecule has 0 amide bonds. The number of hydrogen-bond donors (Lipinski definition) is 0. The van der Waals surface area contributed by atoms with Crippen LogP contribution in [0.15, 0.2) is 22.3 Å². The Labute approximate surface area is 161 Å². The lowest BCUT2D eigenvalue weighted by Crippen LogP contribution is -2.53. The van der Waals surface area contributed by atoms with Crippen LogP contribution < -0.4 is 0 Å². The van der Waals surface area contributed by atoms with Crippen molar-refractivity contribution in [1.82, 2.24) is 0 Å². The average molecular weight is 374 g/mol. The first-order valence-electron chi connectivity index (χ1n) is 9.74. The predicted molar refractivity (Wildman–Crippen MR) is 101 cm³/mol. The van der Waals surface area contributed by atoms with Gasteiger partial charge in [-0.1, -0.05) is 19.4 Å². The van der Waals surface area contributed by atoms with E-state index in [2.05, 4.69) is 13.8 Å². The van der Waals surface area contributed by atoms with Gasteiger partial charge in [0.05, 0.1) is 6.26 Å². The second-order valence-electron chi connectivity index (χ2n) is 8.60. The fourth-order valence-corrected chi connectivity index (χ4v) is 4.94. The van der Waals surface area contributed by atoms with E-state index in [0.29, 0.717) is 12.3 Å². The van der Waals surface area contributed by atoms with Crippen molar-refractivity contribution in [2.75, 3.05) is 0 Å². The summed E-state index contributed by atoms with van der Waals surface area (Å²) < 4.78 is 17.5. The van der Waals surface area contributed by atoms with Crippen molar-refractivity contribution in [2.24, 2.45) is 17.3 Å². The number of esters is 2. The Hall–Kier alpha value is -2.04. The molecule has 1 saturated carbocycles. The Morgan fingerprint density at radius 3 is 2.56 bits per heavy atom. The van der Waals surface area contributed by atoms with Gasteiger partial charge in [-0.05, 0) is 45.1 Å². The Bertz CT molecular complexity index is 770. The van der Waals surface area contributed by atoms with Crippen LogP contribution in [0.5, 0.6) is 0 Å². The lowest BCUT2D eigenvalue weighted by molar-refractivity contribution is -0.186. The van der Waals surface area contributed by atoms with Crippen LogP contribution in [0.2, 0.25) is 0 Å². The minimum Gasteiger partial charge on any atom is -0.469 e. The van der Waals surface area contributed by atoms with Gasteiger partial charge in [0.15, 0.2) is 0 Å². The summed E-state index contributed by atoms with van der Waals surface area (Å²) in [6.07, 6.45) is 5.08. The van der Waals surface area contributed by atoms with Gasteiger partial charge in [0.1, 0.15) is 18.0 Å². The molecule has 0 aliphatic heterocycles. The van der Waals surface area contributed by atoms with Crippen molar-refractivity contribution in [2.45, 2.75) is 73.0 Å². The maximum atomic E-state index is 12.3. The SMILES string of the molecule is CC(=O)O[C@@H]1c2c(C)coc2C[C@H]2[C@H](OC(=O)C=C(C)C)CC[C@H](C)[C@@]12C. The van der Waals surface area contributed by atoms with Gasteiger partial charge >= 0.3 is 11.9 Å². The first-order valence-corrected chi connectivity index (χ1v) is 9.74. The molecule has 5 heteroatoms. The van der Waals surface area contributed by atoms with Crippen LogP contribution in [0.1, 0.15) is 70.5 Å². The zero-order chi connectivity index (χ0) is 19.9. The molecule has 1 heterocycles. The molecule has 0 N–H and O–H groups in total. The van der Waals surface area contributed by atoms with Crippen LogP contribution in [-0.2, 0) is 25.5 Å². The monoisotopic (exact) mass is 374 g/mol. The number of carbonyl (C=O) groups is 2. The van der Waals surface area contributed by atoms with Gasteiger partial charge in [0, 0.05) is 36.3 Å². The normalized spacial score (nSPS) is 32.1. The highest BCUT2D eigenvalue weighted by Crippen LogP contribution is 2.60. The summed E-state index contributed by atoms with van der Waals surface area (Å²) in [5.41, 5.74) is 2.60. The molecule has 1 fully saturated rings. The molecule has 0 spiro atoms. The largest absolute Gasteiger partial charge is 0.469 e. The molecule has 148 valence electrons.